The summed E-state index contributed by atoms with van der Waals surface area (Å²) in [6.07, 6.45) is 0.331. The van der Waals surface area contributed by atoms with Crippen molar-refractivity contribution in [2.75, 3.05) is 13.2 Å². The van der Waals surface area contributed by atoms with Gasteiger partial charge in [-0.15, -0.1) is 0 Å². The van der Waals surface area contributed by atoms with E-state index in [0.717, 1.165) is 11.1 Å². The fourth-order valence-electron chi connectivity index (χ4n) is 2.46. The fraction of sp³-hybridized carbons (Fsp3) is 0.294. The van der Waals surface area contributed by atoms with E-state index in [0.29, 0.717) is 12.0 Å². The minimum atomic E-state index is -0.841. The van der Waals surface area contributed by atoms with Crippen molar-refractivity contribution in [3.63, 3.8) is 0 Å². The maximum atomic E-state index is 13.6. The van der Waals surface area contributed by atoms with Crippen LogP contribution in [-0.2, 0) is 11.8 Å². The molecule has 0 unspecified atom stereocenters. The number of halogens is 2. The van der Waals surface area contributed by atoms with Crippen LogP contribution in [0.5, 0.6) is 0 Å². The second-order valence-corrected chi connectivity index (χ2v) is 5.80. The van der Waals surface area contributed by atoms with E-state index < -0.39 is 11.2 Å². The van der Waals surface area contributed by atoms with Crippen molar-refractivity contribution >= 4 is 11.6 Å². The van der Waals surface area contributed by atoms with Crippen LogP contribution >= 0.6 is 11.6 Å². The predicted molar refractivity (Wildman–Crippen MR) is 82.1 cm³/mol. The lowest BCUT2D eigenvalue weighted by Crippen LogP contribution is -2.37. The Hall–Kier alpha value is -1.42. The van der Waals surface area contributed by atoms with Crippen molar-refractivity contribution in [1.82, 2.24) is 0 Å². The molecular formula is C17H18ClFO2. The van der Waals surface area contributed by atoms with Crippen molar-refractivity contribution in [1.29, 1.82) is 0 Å². The molecular weight excluding hydrogens is 291 g/mol. The molecule has 0 radical (unpaired) electrons. The van der Waals surface area contributed by atoms with Crippen LogP contribution in [0.4, 0.5) is 4.39 Å². The standard InChI is InChI=1S/C17H18ClFO2/c1-12-3-2-4-14(7-12)17(10-20,11-21)9-13-5-6-15(18)16(19)8-13/h2-8,20-21H,9-11H2,1H3. The second kappa shape index (κ2) is 6.56. The fourth-order valence-corrected chi connectivity index (χ4v) is 2.58. The van der Waals surface area contributed by atoms with Gasteiger partial charge >= 0.3 is 0 Å². The molecule has 0 saturated carbocycles. The van der Waals surface area contributed by atoms with Crippen molar-refractivity contribution < 1.29 is 14.6 Å². The maximum absolute atomic E-state index is 13.6. The average Bonchev–Trinajstić information content (AvgIpc) is 2.48. The van der Waals surface area contributed by atoms with E-state index >= 15 is 0 Å². The molecule has 2 aromatic carbocycles. The first-order valence-corrected chi connectivity index (χ1v) is 7.11. The van der Waals surface area contributed by atoms with Crippen LogP contribution < -0.4 is 0 Å². The first-order valence-electron chi connectivity index (χ1n) is 6.73. The Bertz CT molecular complexity index is 624. The van der Waals surface area contributed by atoms with Crippen molar-refractivity contribution in [2.45, 2.75) is 18.8 Å². The molecule has 0 amide bonds. The molecule has 0 aliphatic carbocycles. The van der Waals surface area contributed by atoms with Gasteiger partial charge in [-0.1, -0.05) is 47.5 Å². The minimum absolute atomic E-state index is 0.0629. The van der Waals surface area contributed by atoms with E-state index in [9.17, 15) is 14.6 Å². The molecule has 2 aromatic rings. The van der Waals surface area contributed by atoms with Gasteiger partial charge in [-0.25, -0.2) is 4.39 Å². The highest BCUT2D eigenvalue weighted by atomic mass is 35.5. The van der Waals surface area contributed by atoms with Gasteiger partial charge in [0.25, 0.3) is 0 Å². The minimum Gasteiger partial charge on any atom is -0.395 e. The third kappa shape index (κ3) is 3.43. The van der Waals surface area contributed by atoms with Crippen molar-refractivity contribution in [3.05, 3.63) is 70.0 Å². The number of aryl methyl sites for hydroxylation is 1. The summed E-state index contributed by atoms with van der Waals surface area (Å²) in [5.41, 5.74) is 1.72. The number of hydrogen-bond acceptors (Lipinski definition) is 2. The van der Waals surface area contributed by atoms with Crippen LogP contribution in [0.3, 0.4) is 0 Å². The zero-order valence-electron chi connectivity index (χ0n) is 11.8. The molecule has 0 fully saturated rings. The molecule has 0 bridgehead atoms. The highest BCUT2D eigenvalue weighted by molar-refractivity contribution is 6.30. The van der Waals surface area contributed by atoms with Gasteiger partial charge in [0, 0.05) is 5.41 Å². The summed E-state index contributed by atoms with van der Waals surface area (Å²) < 4.78 is 13.6. The van der Waals surface area contributed by atoms with E-state index in [1.165, 1.54) is 12.1 Å². The molecule has 4 heteroatoms. The Kier molecular flexibility index (Phi) is 4.99. The Labute approximate surface area is 128 Å². The third-order valence-corrected chi connectivity index (χ3v) is 4.07. The lowest BCUT2D eigenvalue weighted by molar-refractivity contribution is 0.116. The van der Waals surface area contributed by atoms with Crippen LogP contribution in [0.2, 0.25) is 5.02 Å². The smallest absolute Gasteiger partial charge is 0.142 e. The van der Waals surface area contributed by atoms with Crippen LogP contribution in [0.1, 0.15) is 16.7 Å². The number of rotatable bonds is 5. The molecule has 0 heterocycles. The van der Waals surface area contributed by atoms with Gasteiger partial charge in [-0.3, -0.25) is 0 Å². The molecule has 2 nitrogen and oxygen atoms in total. The molecule has 0 aliphatic heterocycles. The SMILES string of the molecule is Cc1cccc(C(CO)(CO)Cc2ccc(Cl)c(F)c2)c1. The van der Waals surface area contributed by atoms with Gasteiger partial charge in [0.1, 0.15) is 5.82 Å². The number of benzene rings is 2. The molecule has 0 saturated heterocycles. The summed E-state index contributed by atoms with van der Waals surface area (Å²) in [5.74, 6) is -0.497. The molecule has 21 heavy (non-hydrogen) atoms. The van der Waals surface area contributed by atoms with Crippen LogP contribution in [0.15, 0.2) is 42.5 Å². The Morgan fingerprint density at radius 3 is 2.38 bits per heavy atom. The number of aliphatic hydroxyl groups is 2. The normalized spacial score (nSPS) is 11.7. The van der Waals surface area contributed by atoms with Crippen molar-refractivity contribution in [2.24, 2.45) is 0 Å². The summed E-state index contributed by atoms with van der Waals surface area (Å²) in [6, 6.07) is 12.2. The van der Waals surface area contributed by atoms with Gasteiger partial charge in [-0.2, -0.15) is 0 Å². The molecule has 0 atom stereocenters. The highest BCUT2D eigenvalue weighted by Crippen LogP contribution is 2.29. The van der Waals surface area contributed by atoms with E-state index in [1.807, 2.05) is 31.2 Å². The highest BCUT2D eigenvalue weighted by Gasteiger charge is 2.31. The number of hydrogen-bond donors (Lipinski definition) is 2. The Morgan fingerprint density at radius 1 is 1.10 bits per heavy atom. The Morgan fingerprint density at radius 2 is 1.81 bits per heavy atom. The zero-order chi connectivity index (χ0) is 15.5. The molecule has 0 aliphatic rings. The largest absolute Gasteiger partial charge is 0.395 e. The lowest BCUT2D eigenvalue weighted by atomic mass is 9.76. The maximum Gasteiger partial charge on any atom is 0.142 e. The molecule has 2 N–H and O–H groups in total. The molecule has 2 rings (SSSR count). The third-order valence-electron chi connectivity index (χ3n) is 3.76. The van der Waals surface area contributed by atoms with Crippen LogP contribution in [-0.4, -0.2) is 23.4 Å². The van der Waals surface area contributed by atoms with Gasteiger partial charge in [0.05, 0.1) is 18.2 Å². The first kappa shape index (κ1) is 16.0. The molecule has 0 aromatic heterocycles. The van der Waals surface area contributed by atoms with Gasteiger partial charge in [0.15, 0.2) is 0 Å². The predicted octanol–water partition coefficient (Wildman–Crippen LogP) is 3.25. The Balaban J connectivity index is 2.40. The van der Waals surface area contributed by atoms with Crippen molar-refractivity contribution in [3.8, 4) is 0 Å². The van der Waals surface area contributed by atoms with Crippen LogP contribution in [0, 0.1) is 12.7 Å². The number of aliphatic hydroxyl groups excluding tert-OH is 2. The average molecular weight is 309 g/mol. The summed E-state index contributed by atoms with van der Waals surface area (Å²) in [7, 11) is 0. The quantitative estimate of drug-likeness (QED) is 0.890. The van der Waals surface area contributed by atoms with Crippen LogP contribution in [0.25, 0.3) is 0 Å². The van der Waals surface area contributed by atoms with E-state index in [2.05, 4.69) is 0 Å². The summed E-state index contributed by atoms with van der Waals surface area (Å²) in [4.78, 5) is 0. The summed E-state index contributed by atoms with van der Waals surface area (Å²) in [6.45, 7) is 1.50. The monoisotopic (exact) mass is 308 g/mol. The van der Waals surface area contributed by atoms with Gasteiger partial charge in [0.2, 0.25) is 0 Å². The van der Waals surface area contributed by atoms with E-state index in [1.54, 1.807) is 6.07 Å². The summed E-state index contributed by atoms with van der Waals surface area (Å²) >= 11 is 5.68. The van der Waals surface area contributed by atoms with Gasteiger partial charge < -0.3 is 10.2 Å². The lowest BCUT2D eigenvalue weighted by Gasteiger charge is -2.31. The molecule has 112 valence electrons. The van der Waals surface area contributed by atoms with Gasteiger partial charge in [-0.05, 0) is 36.6 Å². The first-order chi connectivity index (χ1) is 10.0. The second-order valence-electron chi connectivity index (χ2n) is 5.39. The van der Waals surface area contributed by atoms with E-state index in [-0.39, 0.29) is 18.2 Å². The van der Waals surface area contributed by atoms with E-state index in [4.69, 9.17) is 11.6 Å². The zero-order valence-corrected chi connectivity index (χ0v) is 12.6. The summed E-state index contributed by atoms with van der Waals surface area (Å²) in [5, 5.41) is 19.7. The molecule has 0 spiro atoms. The topological polar surface area (TPSA) is 40.5 Å².